The fourth-order valence-corrected chi connectivity index (χ4v) is 2.57. The van der Waals surface area contributed by atoms with Gasteiger partial charge >= 0.3 is 0 Å². The number of benzene rings is 1. The molecule has 2 aliphatic rings. The van der Waals surface area contributed by atoms with Gasteiger partial charge in [0.1, 0.15) is 18.0 Å². The highest BCUT2D eigenvalue weighted by Gasteiger charge is 2.52. The molecule has 0 aliphatic heterocycles. The van der Waals surface area contributed by atoms with Crippen LogP contribution in [0.1, 0.15) is 25.7 Å². The van der Waals surface area contributed by atoms with Crippen LogP contribution in [0.3, 0.4) is 0 Å². The number of hydrogen-bond donors (Lipinski definition) is 2. The number of carbonyl (C=O) groups excluding carboxylic acids is 1. The molecule has 0 heterocycles. The summed E-state index contributed by atoms with van der Waals surface area (Å²) in [4.78, 5) is 12.0. The van der Waals surface area contributed by atoms with Crippen LogP contribution >= 0.6 is 0 Å². The summed E-state index contributed by atoms with van der Waals surface area (Å²) in [5.74, 6) is -1.87. The predicted octanol–water partition coefficient (Wildman–Crippen LogP) is 1.73. The van der Waals surface area contributed by atoms with Gasteiger partial charge in [0, 0.05) is 12.1 Å². The monoisotopic (exact) mass is 296 g/mol. The Kier molecular flexibility index (Phi) is 3.57. The Hall–Kier alpha value is -1.69. The molecule has 6 heteroatoms. The van der Waals surface area contributed by atoms with Crippen LogP contribution in [0.5, 0.6) is 5.75 Å². The van der Waals surface area contributed by atoms with Crippen molar-refractivity contribution in [1.82, 2.24) is 5.32 Å². The van der Waals surface area contributed by atoms with E-state index in [0.717, 1.165) is 37.8 Å². The lowest BCUT2D eigenvalue weighted by molar-refractivity contribution is -0.126. The molecule has 114 valence electrons. The summed E-state index contributed by atoms with van der Waals surface area (Å²) in [7, 11) is 0. The predicted molar refractivity (Wildman–Crippen MR) is 72.7 cm³/mol. The highest BCUT2D eigenvalue weighted by molar-refractivity contribution is 5.86. The Morgan fingerprint density at radius 3 is 2.57 bits per heavy atom. The second kappa shape index (κ2) is 5.26. The average molecular weight is 296 g/mol. The lowest BCUT2D eigenvalue weighted by Crippen LogP contribution is -2.61. The van der Waals surface area contributed by atoms with Crippen molar-refractivity contribution in [2.45, 2.75) is 37.3 Å². The lowest BCUT2D eigenvalue weighted by Gasteiger charge is -2.32. The minimum atomic E-state index is -0.956. The van der Waals surface area contributed by atoms with Crippen LogP contribution in [-0.4, -0.2) is 24.1 Å². The molecule has 1 atom stereocenters. The molecule has 21 heavy (non-hydrogen) atoms. The molecule has 3 rings (SSSR count). The van der Waals surface area contributed by atoms with Crippen molar-refractivity contribution in [3.05, 3.63) is 29.8 Å². The number of rotatable bonds is 7. The normalized spacial score (nSPS) is 20.9. The van der Waals surface area contributed by atoms with Crippen molar-refractivity contribution in [3.8, 4) is 5.75 Å². The Morgan fingerprint density at radius 2 is 2.05 bits per heavy atom. The van der Waals surface area contributed by atoms with Crippen LogP contribution in [0, 0.1) is 17.6 Å². The van der Waals surface area contributed by atoms with Crippen LogP contribution in [0.4, 0.5) is 8.78 Å². The van der Waals surface area contributed by atoms with Crippen molar-refractivity contribution in [2.75, 3.05) is 6.61 Å². The molecule has 0 saturated heterocycles. The summed E-state index contributed by atoms with van der Waals surface area (Å²) in [6.07, 6.45) is 3.81. The molecule has 1 aromatic carbocycles. The van der Waals surface area contributed by atoms with E-state index in [0.29, 0.717) is 0 Å². The van der Waals surface area contributed by atoms with Crippen LogP contribution < -0.4 is 15.8 Å². The molecule has 0 aromatic heterocycles. The molecule has 2 saturated carbocycles. The maximum Gasteiger partial charge on any atom is 0.241 e. The zero-order valence-electron chi connectivity index (χ0n) is 11.6. The van der Waals surface area contributed by atoms with Crippen LogP contribution in [0.2, 0.25) is 0 Å². The first-order chi connectivity index (χ1) is 10.0. The van der Waals surface area contributed by atoms with Gasteiger partial charge in [-0.15, -0.1) is 0 Å². The maximum atomic E-state index is 13.6. The quantitative estimate of drug-likeness (QED) is 0.805. The summed E-state index contributed by atoms with van der Waals surface area (Å²) >= 11 is 0. The zero-order chi connectivity index (χ0) is 15.0. The second-order valence-electron chi connectivity index (χ2n) is 5.89. The number of primary amides is 1. The van der Waals surface area contributed by atoms with E-state index < -0.39 is 23.1 Å². The van der Waals surface area contributed by atoms with Gasteiger partial charge in [0.2, 0.25) is 5.91 Å². The molecule has 1 amide bonds. The smallest absolute Gasteiger partial charge is 0.241 e. The third-order valence-electron chi connectivity index (χ3n) is 4.10. The first kappa shape index (κ1) is 14.3. The number of hydrogen-bond acceptors (Lipinski definition) is 3. The molecule has 1 unspecified atom stereocenters. The first-order valence-electron chi connectivity index (χ1n) is 7.17. The highest BCUT2D eigenvalue weighted by atomic mass is 19.1. The van der Waals surface area contributed by atoms with Gasteiger partial charge in [0.15, 0.2) is 11.6 Å². The number of nitrogens with two attached hydrogens (primary N) is 1. The lowest BCUT2D eigenvalue weighted by atomic mass is 9.93. The Labute approximate surface area is 121 Å². The number of halogens is 2. The molecule has 0 bridgehead atoms. The summed E-state index contributed by atoms with van der Waals surface area (Å²) in [6, 6.07) is 3.38. The largest absolute Gasteiger partial charge is 0.488 e. The summed E-state index contributed by atoms with van der Waals surface area (Å²) in [5.41, 5.74) is 4.62. The van der Waals surface area contributed by atoms with Crippen LogP contribution in [-0.2, 0) is 4.79 Å². The molecule has 2 aliphatic carbocycles. The number of amides is 1. The third-order valence-corrected chi connectivity index (χ3v) is 4.10. The van der Waals surface area contributed by atoms with Crippen molar-refractivity contribution >= 4 is 5.91 Å². The van der Waals surface area contributed by atoms with E-state index >= 15 is 0 Å². The molecule has 1 aromatic rings. The van der Waals surface area contributed by atoms with E-state index in [1.807, 2.05) is 0 Å². The van der Waals surface area contributed by atoms with Gasteiger partial charge in [-0.2, -0.15) is 0 Å². The van der Waals surface area contributed by atoms with E-state index in [9.17, 15) is 13.6 Å². The van der Waals surface area contributed by atoms with Crippen molar-refractivity contribution < 1.29 is 18.3 Å². The Morgan fingerprint density at radius 1 is 1.33 bits per heavy atom. The fourth-order valence-electron chi connectivity index (χ4n) is 2.57. The van der Waals surface area contributed by atoms with E-state index in [1.165, 1.54) is 6.07 Å². The van der Waals surface area contributed by atoms with E-state index in [1.54, 1.807) is 0 Å². The summed E-state index contributed by atoms with van der Waals surface area (Å²) in [5, 5.41) is 3.27. The minimum Gasteiger partial charge on any atom is -0.488 e. The minimum absolute atomic E-state index is 0.0357. The SMILES string of the molecule is NC(=O)C(COc1ccc(F)cc1F)(NC1CC1)C1CC1. The molecule has 0 spiro atoms. The Bertz CT molecular complexity index is 559. The van der Waals surface area contributed by atoms with Gasteiger partial charge in [-0.3, -0.25) is 10.1 Å². The van der Waals surface area contributed by atoms with Gasteiger partial charge in [-0.25, -0.2) is 8.78 Å². The van der Waals surface area contributed by atoms with E-state index in [2.05, 4.69) is 5.32 Å². The molecular weight excluding hydrogens is 278 g/mol. The third kappa shape index (κ3) is 3.00. The average Bonchev–Trinajstić information content (AvgIpc) is 3.28. The van der Waals surface area contributed by atoms with E-state index in [4.69, 9.17) is 10.5 Å². The first-order valence-corrected chi connectivity index (χ1v) is 7.17. The summed E-state index contributed by atoms with van der Waals surface area (Å²) in [6.45, 7) is -0.0357. The van der Waals surface area contributed by atoms with Crippen molar-refractivity contribution in [3.63, 3.8) is 0 Å². The van der Waals surface area contributed by atoms with Crippen LogP contribution in [0.15, 0.2) is 18.2 Å². The summed E-state index contributed by atoms with van der Waals surface area (Å²) < 4.78 is 31.9. The van der Waals surface area contributed by atoms with Gasteiger partial charge in [0.25, 0.3) is 0 Å². The van der Waals surface area contributed by atoms with Crippen LogP contribution in [0.25, 0.3) is 0 Å². The molecule has 0 radical (unpaired) electrons. The van der Waals surface area contributed by atoms with Crippen molar-refractivity contribution in [2.24, 2.45) is 11.7 Å². The number of carbonyl (C=O) groups is 1. The van der Waals surface area contributed by atoms with Gasteiger partial charge in [-0.05, 0) is 43.7 Å². The highest BCUT2D eigenvalue weighted by Crippen LogP contribution is 2.42. The Balaban J connectivity index is 1.76. The second-order valence-corrected chi connectivity index (χ2v) is 5.89. The van der Waals surface area contributed by atoms with E-state index in [-0.39, 0.29) is 24.3 Å². The topological polar surface area (TPSA) is 64.4 Å². The van der Waals surface area contributed by atoms with Gasteiger partial charge in [0.05, 0.1) is 0 Å². The number of nitrogens with one attached hydrogen (secondary N) is 1. The van der Waals surface area contributed by atoms with Gasteiger partial charge in [-0.1, -0.05) is 0 Å². The molecule has 2 fully saturated rings. The molecule has 3 N–H and O–H groups in total. The van der Waals surface area contributed by atoms with Crippen molar-refractivity contribution in [1.29, 1.82) is 0 Å². The molecule has 4 nitrogen and oxygen atoms in total. The van der Waals surface area contributed by atoms with Gasteiger partial charge < -0.3 is 10.5 Å². The fraction of sp³-hybridized carbons (Fsp3) is 0.533. The maximum absolute atomic E-state index is 13.6. The zero-order valence-corrected chi connectivity index (χ0v) is 11.6. The molecular formula is C15H18F2N2O2. The standard InChI is InChI=1S/C15H18F2N2O2/c16-10-3-6-13(12(17)7-10)21-8-15(14(18)20,9-1-2-9)19-11-4-5-11/h3,6-7,9,11,19H,1-2,4-5,8H2,(H2,18,20). The number of ether oxygens (including phenoxy) is 1.